The summed E-state index contributed by atoms with van der Waals surface area (Å²) < 4.78 is 0. The highest BCUT2D eigenvalue weighted by molar-refractivity contribution is 5.57. The number of likely N-dealkylation sites (N-methyl/N-ethyl adjacent to an activating group) is 1. The van der Waals surface area contributed by atoms with Crippen molar-refractivity contribution in [3.05, 3.63) is 108 Å². The molecule has 1 heterocycles. The SMILES string of the molecule is CN1C=CC=C(C=Cc2ccccc2)C1C=Cc1ccccc1. The molecule has 0 aromatic heterocycles. The molecule has 0 amide bonds. The Labute approximate surface area is 138 Å². The van der Waals surface area contributed by atoms with Crippen LogP contribution in [-0.2, 0) is 0 Å². The number of hydrogen-bond acceptors (Lipinski definition) is 1. The predicted octanol–water partition coefficient (Wildman–Crippen LogP) is 5.17. The van der Waals surface area contributed by atoms with Gasteiger partial charge in [0.2, 0.25) is 0 Å². The van der Waals surface area contributed by atoms with Gasteiger partial charge in [-0.1, -0.05) is 91.0 Å². The Hall–Kier alpha value is -2.80. The van der Waals surface area contributed by atoms with Crippen LogP contribution in [0.2, 0.25) is 0 Å². The molecule has 0 aliphatic carbocycles. The summed E-state index contributed by atoms with van der Waals surface area (Å²) in [4.78, 5) is 2.23. The van der Waals surface area contributed by atoms with Gasteiger partial charge in [0.05, 0.1) is 6.04 Å². The summed E-state index contributed by atoms with van der Waals surface area (Å²) in [6.07, 6.45) is 15.2. The average Bonchev–Trinajstić information content (AvgIpc) is 2.61. The van der Waals surface area contributed by atoms with Gasteiger partial charge in [-0.2, -0.15) is 0 Å². The first-order chi connectivity index (χ1) is 11.3. The molecule has 0 saturated carbocycles. The third-order valence-corrected chi connectivity index (χ3v) is 3.93. The van der Waals surface area contributed by atoms with E-state index in [1.165, 1.54) is 16.7 Å². The van der Waals surface area contributed by atoms with Crippen LogP contribution in [0.15, 0.2) is 96.7 Å². The lowest BCUT2D eigenvalue weighted by atomic mass is 10.00. The zero-order valence-corrected chi connectivity index (χ0v) is 13.3. The van der Waals surface area contributed by atoms with Crippen LogP contribution in [0.1, 0.15) is 11.1 Å². The molecule has 23 heavy (non-hydrogen) atoms. The fourth-order valence-corrected chi connectivity index (χ4v) is 2.64. The summed E-state index contributed by atoms with van der Waals surface area (Å²) in [5, 5.41) is 0. The van der Waals surface area contributed by atoms with Crippen molar-refractivity contribution in [2.75, 3.05) is 7.05 Å². The van der Waals surface area contributed by atoms with Gasteiger partial charge in [0.25, 0.3) is 0 Å². The van der Waals surface area contributed by atoms with Gasteiger partial charge < -0.3 is 4.90 Å². The molecule has 0 radical (unpaired) electrons. The predicted molar refractivity (Wildman–Crippen MR) is 99.7 cm³/mol. The van der Waals surface area contributed by atoms with E-state index in [2.05, 4.69) is 103 Å². The van der Waals surface area contributed by atoms with Crippen LogP contribution in [0.3, 0.4) is 0 Å². The Morgan fingerprint density at radius 1 is 0.783 bits per heavy atom. The maximum atomic E-state index is 2.25. The molecule has 2 aromatic carbocycles. The Bertz CT molecular complexity index is 736. The standard InChI is InChI=1S/C22H21N/c1-23-18-8-13-21(16-14-19-9-4-2-5-10-19)22(23)17-15-20-11-6-3-7-12-20/h2-18,22H,1H3. The zero-order chi connectivity index (χ0) is 15.9. The van der Waals surface area contributed by atoms with E-state index in [1.807, 2.05) is 12.1 Å². The van der Waals surface area contributed by atoms with Gasteiger partial charge in [-0.15, -0.1) is 0 Å². The number of benzene rings is 2. The zero-order valence-electron chi connectivity index (χ0n) is 13.3. The monoisotopic (exact) mass is 299 g/mol. The molecule has 1 aliphatic heterocycles. The topological polar surface area (TPSA) is 3.24 Å². The van der Waals surface area contributed by atoms with E-state index in [4.69, 9.17) is 0 Å². The van der Waals surface area contributed by atoms with Crippen LogP contribution in [-0.4, -0.2) is 18.0 Å². The number of nitrogens with zero attached hydrogens (tertiary/aromatic N) is 1. The second kappa shape index (κ2) is 7.46. The first-order valence-electron chi connectivity index (χ1n) is 7.90. The molecular formula is C22H21N. The summed E-state index contributed by atoms with van der Waals surface area (Å²) in [6, 6.07) is 21.1. The molecule has 1 heteroatoms. The van der Waals surface area contributed by atoms with Crippen molar-refractivity contribution in [2.45, 2.75) is 6.04 Å². The van der Waals surface area contributed by atoms with Gasteiger partial charge >= 0.3 is 0 Å². The van der Waals surface area contributed by atoms with Crippen LogP contribution >= 0.6 is 0 Å². The lowest BCUT2D eigenvalue weighted by Crippen LogP contribution is -2.28. The van der Waals surface area contributed by atoms with Crippen LogP contribution < -0.4 is 0 Å². The lowest BCUT2D eigenvalue weighted by molar-refractivity contribution is 0.424. The Balaban J connectivity index is 1.79. The van der Waals surface area contributed by atoms with Crippen molar-refractivity contribution in [3.63, 3.8) is 0 Å². The average molecular weight is 299 g/mol. The van der Waals surface area contributed by atoms with Crippen molar-refractivity contribution in [1.82, 2.24) is 4.90 Å². The van der Waals surface area contributed by atoms with Crippen molar-refractivity contribution < 1.29 is 0 Å². The summed E-state index contributed by atoms with van der Waals surface area (Å²) in [5.41, 5.74) is 3.73. The van der Waals surface area contributed by atoms with Crippen molar-refractivity contribution in [2.24, 2.45) is 0 Å². The van der Waals surface area contributed by atoms with Gasteiger partial charge in [0.15, 0.2) is 0 Å². The van der Waals surface area contributed by atoms with Gasteiger partial charge in [0, 0.05) is 7.05 Å². The maximum absolute atomic E-state index is 2.25. The van der Waals surface area contributed by atoms with E-state index in [1.54, 1.807) is 0 Å². The normalized spacial score (nSPS) is 17.9. The van der Waals surface area contributed by atoms with Gasteiger partial charge in [-0.3, -0.25) is 0 Å². The van der Waals surface area contributed by atoms with E-state index < -0.39 is 0 Å². The van der Waals surface area contributed by atoms with E-state index in [9.17, 15) is 0 Å². The minimum absolute atomic E-state index is 0.250. The molecule has 1 nitrogen and oxygen atoms in total. The van der Waals surface area contributed by atoms with Crippen LogP contribution in [0.5, 0.6) is 0 Å². The molecule has 0 saturated heterocycles. The van der Waals surface area contributed by atoms with Crippen LogP contribution in [0, 0.1) is 0 Å². The van der Waals surface area contributed by atoms with Crippen LogP contribution in [0.4, 0.5) is 0 Å². The van der Waals surface area contributed by atoms with Gasteiger partial charge in [-0.25, -0.2) is 0 Å². The molecule has 0 fully saturated rings. The van der Waals surface area contributed by atoms with Crippen molar-refractivity contribution >= 4 is 12.2 Å². The third kappa shape index (κ3) is 4.10. The molecule has 2 aromatic rings. The third-order valence-electron chi connectivity index (χ3n) is 3.93. The Morgan fingerprint density at radius 2 is 1.39 bits per heavy atom. The Morgan fingerprint density at radius 3 is 2.04 bits per heavy atom. The number of rotatable bonds is 4. The lowest BCUT2D eigenvalue weighted by Gasteiger charge is -2.28. The molecule has 0 spiro atoms. The quantitative estimate of drug-likeness (QED) is 0.753. The summed E-state index contributed by atoms with van der Waals surface area (Å²) in [5.74, 6) is 0. The molecule has 1 unspecified atom stereocenters. The largest absolute Gasteiger partial charge is 0.370 e. The fourth-order valence-electron chi connectivity index (χ4n) is 2.64. The highest BCUT2D eigenvalue weighted by Gasteiger charge is 2.14. The highest BCUT2D eigenvalue weighted by atomic mass is 15.1. The highest BCUT2D eigenvalue weighted by Crippen LogP contribution is 2.20. The molecule has 3 rings (SSSR count). The molecule has 1 atom stereocenters. The molecule has 1 aliphatic rings. The van der Waals surface area contributed by atoms with Gasteiger partial charge in [-0.05, 0) is 29.0 Å². The van der Waals surface area contributed by atoms with E-state index in [0.29, 0.717) is 0 Å². The second-order valence-corrected chi connectivity index (χ2v) is 5.63. The van der Waals surface area contributed by atoms with E-state index in [-0.39, 0.29) is 6.04 Å². The smallest absolute Gasteiger partial charge is 0.0721 e. The second-order valence-electron chi connectivity index (χ2n) is 5.63. The van der Waals surface area contributed by atoms with Crippen molar-refractivity contribution in [3.8, 4) is 0 Å². The van der Waals surface area contributed by atoms with E-state index >= 15 is 0 Å². The first-order valence-corrected chi connectivity index (χ1v) is 7.90. The van der Waals surface area contributed by atoms with Crippen molar-refractivity contribution in [1.29, 1.82) is 0 Å². The summed E-state index contributed by atoms with van der Waals surface area (Å²) >= 11 is 0. The molecule has 114 valence electrons. The van der Waals surface area contributed by atoms with E-state index in [0.717, 1.165) is 0 Å². The van der Waals surface area contributed by atoms with Crippen LogP contribution in [0.25, 0.3) is 12.2 Å². The molecular weight excluding hydrogens is 278 g/mol. The minimum atomic E-state index is 0.250. The first kappa shape index (κ1) is 15.1. The van der Waals surface area contributed by atoms with Gasteiger partial charge in [0.1, 0.15) is 0 Å². The number of allylic oxidation sites excluding steroid dienone is 2. The Kier molecular flexibility index (Phi) is 4.90. The summed E-state index contributed by atoms with van der Waals surface area (Å²) in [7, 11) is 2.11. The fraction of sp³-hybridized carbons (Fsp3) is 0.0909. The molecule has 0 bridgehead atoms. The number of hydrogen-bond donors (Lipinski definition) is 0. The minimum Gasteiger partial charge on any atom is -0.370 e. The maximum Gasteiger partial charge on any atom is 0.0721 e. The molecule has 0 N–H and O–H groups in total. The summed E-state index contributed by atoms with van der Waals surface area (Å²) in [6.45, 7) is 0.